The van der Waals surface area contributed by atoms with Crippen molar-refractivity contribution in [1.82, 2.24) is 15.1 Å². The van der Waals surface area contributed by atoms with Crippen LogP contribution in [0.2, 0.25) is 0 Å². The minimum atomic E-state index is -0.00965. The molecule has 4 nitrogen and oxygen atoms in total. The summed E-state index contributed by atoms with van der Waals surface area (Å²) in [6, 6.07) is 2.02. The summed E-state index contributed by atoms with van der Waals surface area (Å²) in [6.07, 6.45) is 1.81. The molecule has 0 saturated carbocycles. The summed E-state index contributed by atoms with van der Waals surface area (Å²) in [5.41, 5.74) is 6.97. The van der Waals surface area contributed by atoms with Crippen LogP contribution in [-0.2, 0) is 13.6 Å². The van der Waals surface area contributed by atoms with Crippen LogP contribution in [0.4, 0.5) is 0 Å². The van der Waals surface area contributed by atoms with E-state index in [0.717, 1.165) is 6.54 Å². The van der Waals surface area contributed by atoms with Gasteiger partial charge in [-0.05, 0) is 18.9 Å². The molecule has 0 spiro atoms. The number of nitrogens with one attached hydrogen (secondary N) is 1. The Bertz CT molecular complexity index is 311. The van der Waals surface area contributed by atoms with Gasteiger partial charge in [0.05, 0.1) is 5.69 Å². The zero-order chi connectivity index (χ0) is 11.5. The summed E-state index contributed by atoms with van der Waals surface area (Å²) in [6.45, 7) is 7.98. The molecule has 5 heteroatoms. The van der Waals surface area contributed by atoms with Crippen LogP contribution >= 0.6 is 12.4 Å². The first-order valence-corrected chi connectivity index (χ1v) is 5.41. The zero-order valence-corrected chi connectivity index (χ0v) is 11.3. The highest BCUT2D eigenvalue weighted by atomic mass is 35.5. The lowest BCUT2D eigenvalue weighted by Crippen LogP contribution is -2.52. The second-order valence-electron chi connectivity index (χ2n) is 4.58. The van der Waals surface area contributed by atoms with E-state index in [0.29, 0.717) is 12.5 Å². The monoisotopic (exact) mass is 246 g/mol. The van der Waals surface area contributed by atoms with Gasteiger partial charge in [0, 0.05) is 31.9 Å². The van der Waals surface area contributed by atoms with Gasteiger partial charge < -0.3 is 11.1 Å². The van der Waals surface area contributed by atoms with Crippen molar-refractivity contribution < 1.29 is 0 Å². The molecule has 16 heavy (non-hydrogen) atoms. The van der Waals surface area contributed by atoms with Gasteiger partial charge in [-0.25, -0.2) is 0 Å². The summed E-state index contributed by atoms with van der Waals surface area (Å²) >= 11 is 0. The fourth-order valence-corrected chi connectivity index (χ4v) is 1.38. The van der Waals surface area contributed by atoms with E-state index in [1.165, 1.54) is 5.69 Å². The van der Waals surface area contributed by atoms with Crippen molar-refractivity contribution in [2.45, 2.75) is 32.9 Å². The standard InChI is InChI=1S/C11H22N4.ClH/c1-9(2)11(3,8-12)13-7-10-5-6-14-15(10)4;/h5-6,9,13H,7-8,12H2,1-4H3;1H. The normalized spacial score (nSPS) is 14.6. The number of aromatic nitrogens is 2. The molecule has 0 saturated heterocycles. The number of hydrogen-bond donors (Lipinski definition) is 2. The molecule has 0 bridgehead atoms. The van der Waals surface area contributed by atoms with Crippen molar-refractivity contribution in [3.63, 3.8) is 0 Å². The Kier molecular flexibility index (Phi) is 6.00. The maximum Gasteiger partial charge on any atom is 0.0518 e. The van der Waals surface area contributed by atoms with Gasteiger partial charge in [0.15, 0.2) is 0 Å². The average molecular weight is 247 g/mol. The molecule has 3 N–H and O–H groups in total. The highest BCUT2D eigenvalue weighted by Crippen LogP contribution is 2.15. The Morgan fingerprint density at radius 1 is 1.56 bits per heavy atom. The first kappa shape index (κ1) is 15.4. The van der Waals surface area contributed by atoms with E-state index in [1.54, 1.807) is 0 Å². The number of hydrogen-bond acceptors (Lipinski definition) is 3. The molecule has 0 aliphatic carbocycles. The van der Waals surface area contributed by atoms with Gasteiger partial charge in [-0.2, -0.15) is 5.10 Å². The quantitative estimate of drug-likeness (QED) is 0.824. The SMILES string of the molecule is CC(C)C(C)(CN)NCc1ccnn1C.Cl. The van der Waals surface area contributed by atoms with E-state index in [4.69, 9.17) is 5.73 Å². The topological polar surface area (TPSA) is 55.9 Å². The van der Waals surface area contributed by atoms with Crippen LogP contribution in [0.15, 0.2) is 12.3 Å². The lowest BCUT2D eigenvalue weighted by Gasteiger charge is -2.33. The smallest absolute Gasteiger partial charge is 0.0518 e. The predicted octanol–water partition coefficient (Wildman–Crippen LogP) is 1.30. The molecule has 1 atom stereocenters. The Morgan fingerprint density at radius 3 is 2.56 bits per heavy atom. The summed E-state index contributed by atoms with van der Waals surface area (Å²) < 4.78 is 1.88. The van der Waals surface area contributed by atoms with E-state index in [2.05, 4.69) is 31.2 Å². The lowest BCUT2D eigenvalue weighted by molar-refractivity contribution is 0.264. The van der Waals surface area contributed by atoms with Crippen LogP contribution in [0.25, 0.3) is 0 Å². The third-order valence-corrected chi connectivity index (χ3v) is 3.29. The van der Waals surface area contributed by atoms with E-state index in [9.17, 15) is 0 Å². The Labute approximate surface area is 104 Å². The van der Waals surface area contributed by atoms with Crippen LogP contribution in [-0.4, -0.2) is 21.9 Å². The second-order valence-corrected chi connectivity index (χ2v) is 4.58. The summed E-state index contributed by atoms with van der Waals surface area (Å²) in [7, 11) is 1.95. The Morgan fingerprint density at radius 2 is 2.19 bits per heavy atom. The largest absolute Gasteiger partial charge is 0.329 e. The molecule has 0 aliphatic heterocycles. The zero-order valence-electron chi connectivity index (χ0n) is 10.5. The first-order valence-electron chi connectivity index (χ1n) is 5.41. The highest BCUT2D eigenvalue weighted by molar-refractivity contribution is 5.85. The molecular formula is C11H23ClN4. The molecular weight excluding hydrogens is 224 g/mol. The van der Waals surface area contributed by atoms with Crippen LogP contribution < -0.4 is 11.1 Å². The van der Waals surface area contributed by atoms with Gasteiger partial charge in [-0.1, -0.05) is 13.8 Å². The van der Waals surface area contributed by atoms with E-state index in [-0.39, 0.29) is 17.9 Å². The van der Waals surface area contributed by atoms with Crippen molar-refractivity contribution in [2.24, 2.45) is 18.7 Å². The number of halogens is 1. The van der Waals surface area contributed by atoms with Crippen LogP contribution in [0, 0.1) is 5.92 Å². The average Bonchev–Trinajstić information content (AvgIpc) is 2.60. The first-order chi connectivity index (χ1) is 6.99. The molecule has 1 aromatic heterocycles. The lowest BCUT2D eigenvalue weighted by atomic mass is 9.88. The van der Waals surface area contributed by atoms with Crippen molar-refractivity contribution in [3.8, 4) is 0 Å². The third kappa shape index (κ3) is 3.47. The molecule has 0 amide bonds. The molecule has 94 valence electrons. The maximum absolute atomic E-state index is 5.80. The molecule has 1 aromatic rings. The minimum absolute atomic E-state index is 0. The summed E-state index contributed by atoms with van der Waals surface area (Å²) in [5, 5.41) is 7.64. The van der Waals surface area contributed by atoms with Gasteiger partial charge in [0.2, 0.25) is 0 Å². The highest BCUT2D eigenvalue weighted by Gasteiger charge is 2.25. The second kappa shape index (κ2) is 6.23. The van der Waals surface area contributed by atoms with Gasteiger partial charge in [0.25, 0.3) is 0 Å². The number of nitrogens with zero attached hydrogens (tertiary/aromatic N) is 2. The third-order valence-electron chi connectivity index (χ3n) is 3.29. The van der Waals surface area contributed by atoms with Crippen molar-refractivity contribution >= 4 is 12.4 Å². The maximum atomic E-state index is 5.80. The van der Waals surface area contributed by atoms with Gasteiger partial charge >= 0.3 is 0 Å². The fraction of sp³-hybridized carbons (Fsp3) is 0.727. The van der Waals surface area contributed by atoms with Crippen LogP contribution in [0.5, 0.6) is 0 Å². The molecule has 0 aliphatic rings. The van der Waals surface area contributed by atoms with Crippen molar-refractivity contribution in [2.75, 3.05) is 6.54 Å². The molecule has 0 radical (unpaired) electrons. The van der Waals surface area contributed by atoms with E-state index in [1.807, 2.05) is 24.0 Å². The van der Waals surface area contributed by atoms with Crippen LogP contribution in [0.3, 0.4) is 0 Å². The Hall–Kier alpha value is -0.580. The van der Waals surface area contributed by atoms with E-state index < -0.39 is 0 Å². The molecule has 1 rings (SSSR count). The molecule has 0 fully saturated rings. The molecule has 1 unspecified atom stereocenters. The van der Waals surface area contributed by atoms with Crippen molar-refractivity contribution in [1.29, 1.82) is 0 Å². The number of rotatable bonds is 5. The summed E-state index contributed by atoms with van der Waals surface area (Å²) in [4.78, 5) is 0. The van der Waals surface area contributed by atoms with Gasteiger partial charge in [-0.3, -0.25) is 4.68 Å². The Balaban J connectivity index is 0.00000225. The fourth-order valence-electron chi connectivity index (χ4n) is 1.38. The van der Waals surface area contributed by atoms with Crippen molar-refractivity contribution in [3.05, 3.63) is 18.0 Å². The minimum Gasteiger partial charge on any atom is -0.329 e. The van der Waals surface area contributed by atoms with Gasteiger partial charge in [0.1, 0.15) is 0 Å². The van der Waals surface area contributed by atoms with Crippen LogP contribution in [0.1, 0.15) is 26.5 Å². The number of nitrogens with two attached hydrogens (primary N) is 1. The molecule has 1 heterocycles. The summed E-state index contributed by atoms with van der Waals surface area (Å²) in [5.74, 6) is 0.510. The predicted molar refractivity (Wildman–Crippen MR) is 69.6 cm³/mol. The number of aryl methyl sites for hydroxylation is 1. The van der Waals surface area contributed by atoms with E-state index >= 15 is 0 Å². The molecule has 0 aromatic carbocycles. The van der Waals surface area contributed by atoms with Gasteiger partial charge in [-0.15, -0.1) is 12.4 Å².